The Morgan fingerprint density at radius 3 is 1.43 bits per heavy atom. The van der Waals surface area contributed by atoms with Crippen LogP contribution in [0.25, 0.3) is 106 Å². The standard InChI is InChI=1S/C52H33N3O/c1-5-17-34(18-6-1)41-29-38(52-53-45(36-21-9-3-10-22-36)33-46(54-52)37-23-11-4-12-24-37)30-42(35-19-7-2-8-20-35)51(41)55-47-27-15-13-25-39(47)43-32-50-44(31-48(43)55)40-26-14-16-28-49(40)56-50/h1-33H. The summed E-state index contributed by atoms with van der Waals surface area (Å²) in [6, 6.07) is 70.3. The van der Waals surface area contributed by atoms with Crippen LogP contribution in [0.5, 0.6) is 0 Å². The van der Waals surface area contributed by atoms with E-state index < -0.39 is 0 Å². The van der Waals surface area contributed by atoms with Gasteiger partial charge in [0.1, 0.15) is 11.2 Å². The van der Waals surface area contributed by atoms with Gasteiger partial charge >= 0.3 is 0 Å². The van der Waals surface area contributed by atoms with Crippen molar-refractivity contribution in [2.75, 3.05) is 0 Å². The van der Waals surface area contributed by atoms with Gasteiger partial charge in [0.2, 0.25) is 0 Å². The van der Waals surface area contributed by atoms with Crippen LogP contribution < -0.4 is 0 Å². The third-order valence-electron chi connectivity index (χ3n) is 10.8. The summed E-state index contributed by atoms with van der Waals surface area (Å²) in [6.07, 6.45) is 0. The van der Waals surface area contributed by atoms with Gasteiger partial charge < -0.3 is 8.98 Å². The van der Waals surface area contributed by atoms with Crippen LogP contribution in [-0.4, -0.2) is 14.5 Å². The lowest BCUT2D eigenvalue weighted by Gasteiger charge is -2.21. The highest BCUT2D eigenvalue weighted by atomic mass is 16.3. The Kier molecular flexibility index (Phi) is 7.46. The normalized spacial score (nSPS) is 11.6. The number of nitrogens with zero attached hydrogens (tertiary/aromatic N) is 3. The minimum atomic E-state index is 0.667. The summed E-state index contributed by atoms with van der Waals surface area (Å²) in [5.41, 5.74) is 14.2. The Morgan fingerprint density at radius 1 is 0.339 bits per heavy atom. The highest BCUT2D eigenvalue weighted by Gasteiger charge is 2.24. The molecule has 0 spiro atoms. The van der Waals surface area contributed by atoms with Crippen molar-refractivity contribution in [3.8, 4) is 61.8 Å². The minimum Gasteiger partial charge on any atom is -0.456 e. The maximum absolute atomic E-state index is 6.44. The highest BCUT2D eigenvalue weighted by molar-refractivity contribution is 6.17. The average Bonchev–Trinajstić information content (AvgIpc) is 3.80. The minimum absolute atomic E-state index is 0.667. The van der Waals surface area contributed by atoms with E-state index in [-0.39, 0.29) is 0 Å². The summed E-state index contributed by atoms with van der Waals surface area (Å²) in [4.78, 5) is 10.6. The topological polar surface area (TPSA) is 43.9 Å². The maximum Gasteiger partial charge on any atom is 0.160 e. The van der Waals surface area contributed by atoms with Gasteiger partial charge in [-0.3, -0.25) is 0 Å². The number of rotatable bonds is 6. The average molecular weight is 716 g/mol. The largest absolute Gasteiger partial charge is 0.456 e. The monoisotopic (exact) mass is 715 g/mol. The first-order chi connectivity index (χ1) is 27.8. The molecule has 0 aliphatic heterocycles. The van der Waals surface area contributed by atoms with Crippen LogP contribution in [0.15, 0.2) is 205 Å². The first kappa shape index (κ1) is 31.9. The Balaban J connectivity index is 1.27. The zero-order valence-corrected chi connectivity index (χ0v) is 30.3. The van der Waals surface area contributed by atoms with Crippen molar-refractivity contribution in [3.63, 3.8) is 0 Å². The molecule has 11 rings (SSSR count). The van der Waals surface area contributed by atoms with Gasteiger partial charge in [0.15, 0.2) is 5.82 Å². The zero-order valence-electron chi connectivity index (χ0n) is 30.3. The summed E-state index contributed by atoms with van der Waals surface area (Å²) < 4.78 is 8.89. The number of furan rings is 1. The van der Waals surface area contributed by atoms with Crippen molar-refractivity contribution in [2.24, 2.45) is 0 Å². The third-order valence-corrected chi connectivity index (χ3v) is 10.8. The fourth-order valence-electron chi connectivity index (χ4n) is 8.20. The van der Waals surface area contributed by atoms with Gasteiger partial charge in [-0.2, -0.15) is 0 Å². The second kappa shape index (κ2) is 13.1. The van der Waals surface area contributed by atoms with E-state index in [1.165, 1.54) is 5.39 Å². The summed E-state index contributed by atoms with van der Waals surface area (Å²) >= 11 is 0. The quantitative estimate of drug-likeness (QED) is 0.172. The molecule has 0 bridgehead atoms. The molecule has 0 atom stereocenters. The third kappa shape index (κ3) is 5.31. The summed E-state index contributed by atoms with van der Waals surface area (Å²) in [6.45, 7) is 0. The Morgan fingerprint density at radius 2 is 0.839 bits per heavy atom. The van der Waals surface area contributed by atoms with E-state index >= 15 is 0 Å². The van der Waals surface area contributed by atoms with Crippen molar-refractivity contribution < 1.29 is 4.42 Å². The molecular formula is C52H33N3O. The van der Waals surface area contributed by atoms with Crippen molar-refractivity contribution >= 4 is 43.7 Å². The number of fused-ring (bicyclic) bond motifs is 6. The molecule has 0 unspecified atom stereocenters. The van der Waals surface area contributed by atoms with E-state index in [2.05, 4.69) is 180 Å². The first-order valence-electron chi connectivity index (χ1n) is 18.9. The van der Waals surface area contributed by atoms with Gasteiger partial charge in [0, 0.05) is 49.4 Å². The molecule has 0 radical (unpaired) electrons. The number of benzene rings is 8. The number of hydrogen-bond acceptors (Lipinski definition) is 3. The fourth-order valence-corrected chi connectivity index (χ4v) is 8.20. The van der Waals surface area contributed by atoms with Crippen LogP contribution >= 0.6 is 0 Å². The molecule has 4 heteroatoms. The SMILES string of the molecule is c1ccc(-c2cc(-c3ccccc3)nc(-c3cc(-c4ccccc4)c(-n4c5ccccc5c5cc6oc7ccccc7c6cc54)c(-c4ccccc4)c3)n2)cc1. The molecule has 11 aromatic rings. The predicted octanol–water partition coefficient (Wildman–Crippen LogP) is 13.8. The van der Waals surface area contributed by atoms with Crippen LogP contribution in [0, 0.1) is 0 Å². The molecule has 56 heavy (non-hydrogen) atoms. The van der Waals surface area contributed by atoms with E-state index in [0.29, 0.717) is 5.82 Å². The van der Waals surface area contributed by atoms with Crippen molar-refractivity contribution in [1.82, 2.24) is 14.5 Å². The van der Waals surface area contributed by atoms with Crippen LogP contribution in [0.3, 0.4) is 0 Å². The van der Waals surface area contributed by atoms with Crippen molar-refractivity contribution in [3.05, 3.63) is 200 Å². The molecule has 0 fully saturated rings. The van der Waals surface area contributed by atoms with E-state index in [1.54, 1.807) is 0 Å². The van der Waals surface area contributed by atoms with Gasteiger partial charge in [-0.05, 0) is 53.6 Å². The van der Waals surface area contributed by atoms with Gasteiger partial charge in [-0.25, -0.2) is 9.97 Å². The second-order valence-electron chi connectivity index (χ2n) is 14.2. The number of para-hydroxylation sites is 2. The molecule has 0 N–H and O–H groups in total. The van der Waals surface area contributed by atoms with Crippen LogP contribution in [0.2, 0.25) is 0 Å². The number of aromatic nitrogens is 3. The summed E-state index contributed by atoms with van der Waals surface area (Å²) in [5.74, 6) is 0.667. The lowest BCUT2D eigenvalue weighted by Crippen LogP contribution is -2.03. The molecule has 3 heterocycles. The second-order valence-corrected chi connectivity index (χ2v) is 14.2. The fraction of sp³-hybridized carbons (Fsp3) is 0. The van der Waals surface area contributed by atoms with Crippen molar-refractivity contribution in [2.45, 2.75) is 0 Å². The lowest BCUT2D eigenvalue weighted by molar-refractivity contribution is 0.669. The van der Waals surface area contributed by atoms with Crippen molar-refractivity contribution in [1.29, 1.82) is 0 Å². The van der Waals surface area contributed by atoms with Gasteiger partial charge in [-0.1, -0.05) is 158 Å². The van der Waals surface area contributed by atoms with Gasteiger partial charge in [-0.15, -0.1) is 0 Å². The van der Waals surface area contributed by atoms with Gasteiger partial charge in [0.25, 0.3) is 0 Å². The van der Waals surface area contributed by atoms with Crippen LogP contribution in [-0.2, 0) is 0 Å². The lowest BCUT2D eigenvalue weighted by atomic mass is 9.92. The molecule has 0 saturated carbocycles. The molecule has 0 aliphatic carbocycles. The zero-order chi connectivity index (χ0) is 37.0. The molecule has 0 aliphatic rings. The smallest absolute Gasteiger partial charge is 0.160 e. The highest BCUT2D eigenvalue weighted by Crippen LogP contribution is 2.45. The van der Waals surface area contributed by atoms with Crippen LogP contribution in [0.1, 0.15) is 0 Å². The Hall–Kier alpha value is -7.56. The van der Waals surface area contributed by atoms with E-state index in [0.717, 1.165) is 94.4 Å². The van der Waals surface area contributed by atoms with Gasteiger partial charge in [0.05, 0.1) is 28.1 Å². The molecule has 262 valence electrons. The van der Waals surface area contributed by atoms with E-state index in [4.69, 9.17) is 14.4 Å². The van der Waals surface area contributed by atoms with Crippen LogP contribution in [0.4, 0.5) is 0 Å². The Labute approximate surface area is 323 Å². The van der Waals surface area contributed by atoms with E-state index in [9.17, 15) is 0 Å². The first-order valence-corrected chi connectivity index (χ1v) is 18.9. The molecule has 0 amide bonds. The summed E-state index contributed by atoms with van der Waals surface area (Å²) in [5, 5.41) is 4.50. The molecule has 3 aromatic heterocycles. The Bertz CT molecular complexity index is 3100. The molecule has 8 aromatic carbocycles. The predicted molar refractivity (Wildman–Crippen MR) is 231 cm³/mol. The summed E-state index contributed by atoms with van der Waals surface area (Å²) in [7, 11) is 0. The molecular weight excluding hydrogens is 683 g/mol. The number of hydrogen-bond donors (Lipinski definition) is 0. The maximum atomic E-state index is 6.44. The van der Waals surface area contributed by atoms with E-state index in [1.807, 2.05) is 24.3 Å². The molecule has 4 nitrogen and oxygen atoms in total. The molecule has 0 saturated heterocycles.